The maximum absolute atomic E-state index is 14.0. The van der Waals surface area contributed by atoms with Crippen molar-refractivity contribution in [3.63, 3.8) is 0 Å². The van der Waals surface area contributed by atoms with Crippen molar-refractivity contribution in [2.75, 3.05) is 82.9 Å². The number of methoxy groups -OCH3 is 4. The van der Waals surface area contributed by atoms with E-state index in [-0.39, 0.29) is 51.0 Å². The van der Waals surface area contributed by atoms with Crippen molar-refractivity contribution in [2.24, 2.45) is 0 Å². The molecule has 6 rings (SSSR count). The molecule has 0 radical (unpaired) electrons. The van der Waals surface area contributed by atoms with E-state index in [2.05, 4.69) is 23.5 Å². The predicted molar refractivity (Wildman–Crippen MR) is 214 cm³/mol. The van der Waals surface area contributed by atoms with Crippen LogP contribution < -0.4 is 24.6 Å². The number of anilines is 3. The highest BCUT2D eigenvalue weighted by Gasteiger charge is 2.23. The van der Waals surface area contributed by atoms with E-state index in [1.54, 1.807) is 48.5 Å². The fourth-order valence-electron chi connectivity index (χ4n) is 6.58. The average molecular weight is 776 g/mol. The van der Waals surface area contributed by atoms with Crippen LogP contribution in [0.5, 0.6) is 11.5 Å². The Labute approximate surface area is 328 Å². The summed E-state index contributed by atoms with van der Waals surface area (Å²) in [5, 5.41) is 9.06. The summed E-state index contributed by atoms with van der Waals surface area (Å²) in [4.78, 5) is 66.2. The lowest BCUT2D eigenvalue weighted by molar-refractivity contribution is -0.141. The average Bonchev–Trinajstić information content (AvgIpc) is 3.23. The zero-order valence-corrected chi connectivity index (χ0v) is 31.9. The van der Waals surface area contributed by atoms with Gasteiger partial charge >= 0.3 is 23.9 Å². The molecule has 6 aromatic carbocycles. The third kappa shape index (κ3) is 9.07. The number of para-hydroxylation sites is 2. The highest BCUT2D eigenvalue weighted by atomic mass is 16.5. The van der Waals surface area contributed by atoms with Crippen molar-refractivity contribution in [3.05, 3.63) is 103 Å². The molecule has 0 spiro atoms. The van der Waals surface area contributed by atoms with Gasteiger partial charge in [-0.15, -0.1) is 0 Å². The van der Waals surface area contributed by atoms with Gasteiger partial charge in [-0.2, -0.15) is 0 Å². The third-order valence-electron chi connectivity index (χ3n) is 9.33. The maximum atomic E-state index is 14.0. The molecule has 0 bridgehead atoms. The molecule has 0 aliphatic rings. The maximum Gasteiger partial charge on any atom is 0.325 e. The molecule has 0 aromatic heterocycles. The summed E-state index contributed by atoms with van der Waals surface area (Å²) in [6.45, 7) is -1.17. The van der Waals surface area contributed by atoms with Gasteiger partial charge in [0, 0.05) is 17.3 Å². The number of hydrogen-bond acceptors (Lipinski definition) is 13. The molecular weight excluding hydrogens is 734 g/mol. The quantitative estimate of drug-likeness (QED) is 0.0529. The van der Waals surface area contributed by atoms with Crippen molar-refractivity contribution >= 4 is 79.2 Å². The minimum Gasteiger partial charge on any atom is -0.488 e. The van der Waals surface area contributed by atoms with Gasteiger partial charge in [0.15, 0.2) is 0 Å². The van der Waals surface area contributed by atoms with Crippen LogP contribution in [0, 0.1) is 0 Å². The Balaban J connectivity index is 1.27. The number of carbonyl (C=O) groups is 5. The van der Waals surface area contributed by atoms with E-state index >= 15 is 0 Å². The molecule has 0 aliphatic carbocycles. The van der Waals surface area contributed by atoms with Crippen molar-refractivity contribution in [1.82, 2.24) is 0 Å². The lowest BCUT2D eigenvalue weighted by atomic mass is 9.92. The number of nitrogens with zero attached hydrogens (tertiary/aromatic N) is 2. The van der Waals surface area contributed by atoms with Crippen LogP contribution in [0.3, 0.4) is 0 Å². The molecule has 0 heterocycles. The van der Waals surface area contributed by atoms with Crippen molar-refractivity contribution in [1.29, 1.82) is 0 Å². The van der Waals surface area contributed by atoms with Crippen LogP contribution in [0.15, 0.2) is 97.1 Å². The lowest BCUT2D eigenvalue weighted by Crippen LogP contribution is -2.36. The number of rotatable bonds is 17. The second-order valence-corrected chi connectivity index (χ2v) is 12.8. The Morgan fingerprint density at radius 1 is 0.509 bits per heavy atom. The zero-order valence-electron chi connectivity index (χ0n) is 31.9. The van der Waals surface area contributed by atoms with E-state index in [1.165, 1.54) is 38.2 Å². The predicted octanol–water partition coefficient (Wildman–Crippen LogP) is 5.60. The fraction of sp³-hybridized carbons (Fsp3) is 0.233. The van der Waals surface area contributed by atoms with E-state index < -0.39 is 23.9 Å². The topological polar surface area (TPSA) is 159 Å². The van der Waals surface area contributed by atoms with Crippen LogP contribution >= 0.6 is 0 Å². The van der Waals surface area contributed by atoms with Crippen LogP contribution in [-0.4, -0.2) is 97.6 Å². The van der Waals surface area contributed by atoms with Gasteiger partial charge in [0.25, 0.3) is 5.91 Å². The summed E-state index contributed by atoms with van der Waals surface area (Å²) in [6, 6.07) is 29.6. The number of ether oxygens (including phenoxy) is 6. The van der Waals surface area contributed by atoms with Crippen LogP contribution in [-0.2, 0) is 38.1 Å². The number of esters is 4. The Bertz CT molecular complexity index is 2380. The molecule has 14 heteroatoms. The van der Waals surface area contributed by atoms with Gasteiger partial charge in [-0.1, -0.05) is 60.7 Å². The van der Waals surface area contributed by atoms with E-state index in [4.69, 9.17) is 28.4 Å². The number of carbonyl (C=O) groups excluding carboxylic acids is 5. The molecule has 294 valence electrons. The molecule has 0 unspecified atom stereocenters. The van der Waals surface area contributed by atoms with E-state index in [0.29, 0.717) is 28.4 Å². The minimum absolute atomic E-state index is 0.0198. The summed E-state index contributed by atoms with van der Waals surface area (Å²) in [6.07, 6.45) is 0. The second-order valence-electron chi connectivity index (χ2n) is 12.8. The highest BCUT2D eigenvalue weighted by Crippen LogP contribution is 2.37. The first kappa shape index (κ1) is 39.6. The molecule has 0 aliphatic heterocycles. The smallest absolute Gasteiger partial charge is 0.325 e. The molecular formula is C43H41N3O11. The molecule has 57 heavy (non-hydrogen) atoms. The highest BCUT2D eigenvalue weighted by molar-refractivity contribution is 6.27. The first-order valence-electron chi connectivity index (χ1n) is 17.9. The third-order valence-corrected chi connectivity index (χ3v) is 9.33. The van der Waals surface area contributed by atoms with Crippen molar-refractivity contribution < 1.29 is 52.4 Å². The molecule has 6 aromatic rings. The Kier molecular flexibility index (Phi) is 12.5. The van der Waals surface area contributed by atoms with Crippen molar-refractivity contribution in [3.8, 4) is 11.5 Å². The Morgan fingerprint density at radius 2 is 1.00 bits per heavy atom. The van der Waals surface area contributed by atoms with Gasteiger partial charge in [0.2, 0.25) is 0 Å². The lowest BCUT2D eigenvalue weighted by Gasteiger charge is -2.26. The second kappa shape index (κ2) is 18.0. The summed E-state index contributed by atoms with van der Waals surface area (Å²) in [7, 11) is 4.97. The molecule has 0 atom stereocenters. The number of benzene rings is 6. The minimum atomic E-state index is -0.611. The summed E-state index contributed by atoms with van der Waals surface area (Å²) >= 11 is 0. The van der Waals surface area contributed by atoms with E-state index in [0.717, 1.165) is 32.3 Å². The molecule has 1 amide bonds. The first-order valence-corrected chi connectivity index (χ1v) is 17.9. The Morgan fingerprint density at radius 3 is 1.58 bits per heavy atom. The van der Waals surface area contributed by atoms with E-state index in [9.17, 15) is 24.0 Å². The van der Waals surface area contributed by atoms with Gasteiger partial charge in [-0.05, 0) is 62.6 Å². The van der Waals surface area contributed by atoms with Crippen molar-refractivity contribution in [2.45, 2.75) is 0 Å². The molecule has 0 saturated heterocycles. The van der Waals surface area contributed by atoms with Crippen LogP contribution in [0.25, 0.3) is 32.3 Å². The Hall–Kier alpha value is -7.09. The molecule has 14 nitrogen and oxygen atoms in total. The number of nitrogens with one attached hydrogen (secondary N) is 1. The van der Waals surface area contributed by atoms with Crippen LogP contribution in [0.4, 0.5) is 17.1 Å². The van der Waals surface area contributed by atoms with Gasteiger partial charge < -0.3 is 43.5 Å². The summed E-state index contributed by atoms with van der Waals surface area (Å²) in [5.41, 5.74) is 1.64. The number of amides is 1. The number of hydrogen-bond donors (Lipinski definition) is 1. The molecule has 0 fully saturated rings. The van der Waals surface area contributed by atoms with Gasteiger partial charge in [-0.25, -0.2) is 0 Å². The van der Waals surface area contributed by atoms with E-state index in [1.807, 2.05) is 30.3 Å². The molecule has 0 saturated carbocycles. The van der Waals surface area contributed by atoms with Crippen LogP contribution in [0.2, 0.25) is 0 Å². The first-order chi connectivity index (χ1) is 27.6. The normalized spacial score (nSPS) is 10.9. The monoisotopic (exact) mass is 775 g/mol. The SMILES string of the molecule is COC(=O)CN(CC(=O)OC)c1ccccc1OCCOc1cc(NC(=O)c2ccc3ccc4cccc5ccc2c3c45)ccc1N(CC(=O)OC)CC(=O)OC. The summed E-state index contributed by atoms with van der Waals surface area (Å²) < 4.78 is 31.7. The fourth-order valence-corrected chi connectivity index (χ4v) is 6.58. The summed E-state index contributed by atoms with van der Waals surface area (Å²) in [5.74, 6) is -2.15. The van der Waals surface area contributed by atoms with Crippen LogP contribution in [0.1, 0.15) is 10.4 Å². The van der Waals surface area contributed by atoms with Gasteiger partial charge in [0.1, 0.15) is 50.9 Å². The standard InChI is InChI=1S/C43H41N3O11/c1-52-37(47)23-45(24-38(48)53-2)33-10-5-6-11-35(33)56-20-21-57-36-22-30(16-19-34(36)46(25-39(49)54-3)26-40(50)55-4)44-43(51)32-18-15-29-13-12-27-8-7-9-28-14-17-31(32)42(29)41(27)28/h5-19,22H,20-21,23-26H2,1-4H3,(H,44,51). The molecule has 1 N–H and O–H groups in total. The zero-order chi connectivity index (χ0) is 40.5. The van der Waals surface area contributed by atoms with Gasteiger partial charge in [-0.3, -0.25) is 24.0 Å². The largest absolute Gasteiger partial charge is 0.488 e. The van der Waals surface area contributed by atoms with Gasteiger partial charge in [0.05, 0.1) is 39.8 Å².